The summed E-state index contributed by atoms with van der Waals surface area (Å²) in [5.74, 6) is 0. The minimum atomic E-state index is -1.83. The Balaban J connectivity index is -0.000000142. The van der Waals surface area contributed by atoms with Crippen molar-refractivity contribution in [2.45, 2.75) is 39.8 Å². The standard InChI is InChI=1S/C6H14N.CH2O3.Li/c1-5(2)7-6(3)4;2-1(3)4;/h5-6H,1-4H3;(H2,2,3,4);/q-1;;+1. The maximum Gasteiger partial charge on any atom is 1.00 e. The maximum absolute atomic E-state index is 8.56. The van der Waals surface area contributed by atoms with Gasteiger partial charge in [0.1, 0.15) is 0 Å². The van der Waals surface area contributed by atoms with Crippen molar-refractivity contribution in [2.24, 2.45) is 0 Å². The Morgan fingerprint density at radius 2 is 1.25 bits per heavy atom. The van der Waals surface area contributed by atoms with Crippen molar-refractivity contribution in [3.05, 3.63) is 5.32 Å². The SMILES string of the molecule is CC(C)[N-]C(C)C.O=C(O)O.[Li+]. The molecule has 2 N–H and O–H groups in total. The first kappa shape index (κ1) is 17.8. The van der Waals surface area contributed by atoms with Crippen molar-refractivity contribution >= 4 is 6.16 Å². The van der Waals surface area contributed by atoms with Crippen LogP contribution >= 0.6 is 0 Å². The van der Waals surface area contributed by atoms with E-state index in [1.165, 1.54) is 0 Å². The normalized spacial score (nSPS) is 8.50. The predicted octanol–water partition coefficient (Wildman–Crippen LogP) is -0.597. The van der Waals surface area contributed by atoms with E-state index < -0.39 is 6.16 Å². The summed E-state index contributed by atoms with van der Waals surface area (Å²) in [7, 11) is 0. The Morgan fingerprint density at radius 3 is 1.25 bits per heavy atom. The smallest absolute Gasteiger partial charge is 0.658 e. The number of rotatable bonds is 2. The van der Waals surface area contributed by atoms with Crippen LogP contribution in [0.2, 0.25) is 0 Å². The Labute approximate surface area is 85.5 Å². The second-order valence-electron chi connectivity index (χ2n) is 2.62. The average molecular weight is 169 g/mol. The molecule has 0 spiro atoms. The first-order valence-corrected chi connectivity index (χ1v) is 3.48. The third-order valence-corrected chi connectivity index (χ3v) is 0.596. The second-order valence-corrected chi connectivity index (χ2v) is 2.62. The van der Waals surface area contributed by atoms with E-state index in [1.807, 2.05) is 0 Å². The van der Waals surface area contributed by atoms with Gasteiger partial charge in [0.2, 0.25) is 0 Å². The molecule has 0 aliphatic heterocycles. The molecule has 0 radical (unpaired) electrons. The molecular weight excluding hydrogens is 153 g/mol. The zero-order valence-electron chi connectivity index (χ0n) is 8.40. The molecule has 0 rings (SSSR count). The van der Waals surface area contributed by atoms with E-state index in [0.717, 1.165) is 0 Å². The molecular formula is C7H16LiNO3. The molecule has 12 heavy (non-hydrogen) atoms. The van der Waals surface area contributed by atoms with Gasteiger partial charge in [0.05, 0.1) is 0 Å². The van der Waals surface area contributed by atoms with Gasteiger partial charge in [0.25, 0.3) is 0 Å². The van der Waals surface area contributed by atoms with Crippen molar-refractivity contribution in [3.63, 3.8) is 0 Å². The fourth-order valence-corrected chi connectivity index (χ4v) is 0.596. The first-order valence-electron chi connectivity index (χ1n) is 3.48. The average Bonchev–Trinajstić information content (AvgIpc) is 1.56. The number of nitrogens with zero attached hydrogens (tertiary/aromatic N) is 1. The molecule has 0 aromatic carbocycles. The van der Waals surface area contributed by atoms with Crippen molar-refractivity contribution in [2.75, 3.05) is 0 Å². The molecule has 4 nitrogen and oxygen atoms in total. The van der Waals surface area contributed by atoms with Crippen LogP contribution in [0.1, 0.15) is 27.7 Å². The molecule has 0 aliphatic rings. The summed E-state index contributed by atoms with van der Waals surface area (Å²) < 4.78 is 0. The summed E-state index contributed by atoms with van der Waals surface area (Å²) in [5, 5.41) is 18.2. The molecule has 0 heterocycles. The Bertz CT molecular complexity index is 96.8. The molecule has 0 aromatic rings. The van der Waals surface area contributed by atoms with Gasteiger partial charge in [-0.05, 0) is 0 Å². The van der Waals surface area contributed by atoms with E-state index >= 15 is 0 Å². The largest absolute Gasteiger partial charge is 1.00 e. The molecule has 0 saturated carbocycles. The van der Waals surface area contributed by atoms with Gasteiger partial charge in [0.15, 0.2) is 0 Å². The van der Waals surface area contributed by atoms with Crippen LogP contribution in [0.4, 0.5) is 4.79 Å². The van der Waals surface area contributed by atoms with Gasteiger partial charge in [0, 0.05) is 0 Å². The van der Waals surface area contributed by atoms with E-state index in [1.54, 1.807) is 0 Å². The van der Waals surface area contributed by atoms with Gasteiger partial charge in [-0.3, -0.25) is 0 Å². The Hall–Kier alpha value is -0.173. The minimum absolute atomic E-state index is 0. The van der Waals surface area contributed by atoms with E-state index in [4.69, 9.17) is 15.0 Å². The molecule has 0 fully saturated rings. The van der Waals surface area contributed by atoms with E-state index in [-0.39, 0.29) is 18.9 Å². The van der Waals surface area contributed by atoms with Crippen LogP contribution in [0.15, 0.2) is 0 Å². The number of carboxylic acid groups (broad SMARTS) is 2. The summed E-state index contributed by atoms with van der Waals surface area (Å²) in [6.45, 7) is 8.39. The number of carbonyl (C=O) groups is 1. The molecule has 68 valence electrons. The molecule has 0 aromatic heterocycles. The van der Waals surface area contributed by atoms with Gasteiger partial charge in [-0.1, -0.05) is 27.7 Å². The molecule has 0 bridgehead atoms. The molecule has 0 unspecified atom stereocenters. The van der Waals surface area contributed by atoms with Gasteiger partial charge in [-0.2, -0.15) is 0 Å². The van der Waals surface area contributed by atoms with E-state index in [2.05, 4.69) is 33.0 Å². The second kappa shape index (κ2) is 10.8. The molecule has 0 saturated heterocycles. The third-order valence-electron chi connectivity index (χ3n) is 0.596. The summed E-state index contributed by atoms with van der Waals surface area (Å²) in [6.07, 6.45) is -1.83. The molecule has 0 amide bonds. The van der Waals surface area contributed by atoms with Gasteiger partial charge in [-0.25, -0.2) is 4.79 Å². The van der Waals surface area contributed by atoms with Crippen molar-refractivity contribution in [1.82, 2.24) is 0 Å². The molecule has 0 atom stereocenters. The Morgan fingerprint density at radius 1 is 1.08 bits per heavy atom. The number of hydrogen-bond donors (Lipinski definition) is 2. The van der Waals surface area contributed by atoms with E-state index in [0.29, 0.717) is 12.1 Å². The summed E-state index contributed by atoms with van der Waals surface area (Å²) in [5.41, 5.74) is 0. The van der Waals surface area contributed by atoms with Crippen LogP contribution in [0.5, 0.6) is 0 Å². The summed E-state index contributed by atoms with van der Waals surface area (Å²) in [4.78, 5) is 8.56. The Kier molecular flexibility index (Phi) is 16.1. The summed E-state index contributed by atoms with van der Waals surface area (Å²) >= 11 is 0. The maximum atomic E-state index is 8.56. The molecule has 0 aliphatic carbocycles. The predicted molar refractivity (Wildman–Crippen MR) is 44.3 cm³/mol. The fourth-order valence-electron chi connectivity index (χ4n) is 0.596. The monoisotopic (exact) mass is 169 g/mol. The minimum Gasteiger partial charge on any atom is -0.658 e. The third kappa shape index (κ3) is 52.3. The fraction of sp³-hybridized carbons (Fsp3) is 0.857. The van der Waals surface area contributed by atoms with E-state index in [9.17, 15) is 0 Å². The van der Waals surface area contributed by atoms with Crippen LogP contribution in [-0.2, 0) is 0 Å². The van der Waals surface area contributed by atoms with Crippen LogP contribution < -0.4 is 18.9 Å². The van der Waals surface area contributed by atoms with Gasteiger partial charge >= 0.3 is 25.0 Å². The first-order chi connectivity index (χ1) is 4.86. The zero-order valence-corrected chi connectivity index (χ0v) is 8.40. The van der Waals surface area contributed by atoms with Crippen LogP contribution in [-0.4, -0.2) is 28.5 Å². The molecule has 5 heteroatoms. The number of hydrogen-bond acceptors (Lipinski definition) is 1. The van der Waals surface area contributed by atoms with Crippen molar-refractivity contribution in [3.8, 4) is 0 Å². The van der Waals surface area contributed by atoms with Crippen LogP contribution in [0.25, 0.3) is 5.32 Å². The van der Waals surface area contributed by atoms with Gasteiger partial charge < -0.3 is 15.5 Å². The summed E-state index contributed by atoms with van der Waals surface area (Å²) in [6, 6.07) is 1.000. The van der Waals surface area contributed by atoms with Crippen molar-refractivity contribution < 1.29 is 33.9 Å². The van der Waals surface area contributed by atoms with Gasteiger partial charge in [-0.15, -0.1) is 12.1 Å². The van der Waals surface area contributed by atoms with Crippen LogP contribution in [0, 0.1) is 0 Å². The zero-order chi connectivity index (χ0) is 9.44. The van der Waals surface area contributed by atoms with Crippen molar-refractivity contribution in [1.29, 1.82) is 0 Å². The quantitative estimate of drug-likeness (QED) is 0.542. The van der Waals surface area contributed by atoms with Crippen LogP contribution in [0.3, 0.4) is 0 Å². The topological polar surface area (TPSA) is 71.6 Å².